The molecule has 146 valence electrons. The van der Waals surface area contributed by atoms with Gasteiger partial charge < -0.3 is 10.8 Å². The molecule has 2 aromatic heterocycles. The molecular weight excluding hydrogens is 376 g/mol. The summed E-state index contributed by atoms with van der Waals surface area (Å²) in [6.45, 7) is 0. The highest BCUT2D eigenvalue weighted by Crippen LogP contribution is 2.39. The van der Waals surface area contributed by atoms with E-state index in [0.717, 1.165) is 24.5 Å². The molecule has 0 bridgehead atoms. The lowest BCUT2D eigenvalue weighted by Gasteiger charge is -2.26. The van der Waals surface area contributed by atoms with Crippen LogP contribution in [0.2, 0.25) is 0 Å². The zero-order valence-corrected chi connectivity index (χ0v) is 15.3. The molecule has 2 aromatic carbocycles. The van der Waals surface area contributed by atoms with Gasteiger partial charge in [0, 0.05) is 11.6 Å². The lowest BCUT2D eigenvalue weighted by molar-refractivity contribution is 0.449. The van der Waals surface area contributed by atoms with Gasteiger partial charge in [-0.1, -0.05) is 12.1 Å². The first-order chi connectivity index (χ1) is 14.0. The molecule has 0 amide bonds. The Labute approximate surface area is 164 Å². The smallest absolute Gasteiger partial charge is 0.164 e. The minimum Gasteiger partial charge on any atom is -0.508 e. The SMILES string of the molecule is Nc1ncnc2c1c(-c1ccc(O)cc1F)nn2C1CCCc2c(F)cccc21. The number of fused-ring (bicyclic) bond motifs is 2. The average molecular weight is 393 g/mol. The number of halogens is 2. The Morgan fingerprint density at radius 2 is 1.97 bits per heavy atom. The molecule has 1 atom stereocenters. The maximum atomic E-state index is 14.6. The molecule has 0 fully saturated rings. The van der Waals surface area contributed by atoms with Gasteiger partial charge in [0.2, 0.25) is 0 Å². The lowest BCUT2D eigenvalue weighted by Crippen LogP contribution is -2.19. The van der Waals surface area contributed by atoms with Crippen LogP contribution in [-0.4, -0.2) is 24.9 Å². The van der Waals surface area contributed by atoms with E-state index in [2.05, 4.69) is 15.1 Å². The summed E-state index contributed by atoms with van der Waals surface area (Å²) in [5, 5.41) is 14.6. The summed E-state index contributed by atoms with van der Waals surface area (Å²) >= 11 is 0. The molecule has 6 nitrogen and oxygen atoms in total. The number of hydrogen-bond donors (Lipinski definition) is 2. The highest BCUT2D eigenvalue weighted by molar-refractivity contribution is 5.98. The first kappa shape index (κ1) is 17.5. The minimum atomic E-state index is -0.630. The van der Waals surface area contributed by atoms with Gasteiger partial charge in [-0.25, -0.2) is 23.4 Å². The number of phenols is 1. The number of rotatable bonds is 2. The maximum absolute atomic E-state index is 14.6. The number of aromatic nitrogens is 4. The normalized spacial score (nSPS) is 16.1. The molecule has 0 spiro atoms. The second kappa shape index (κ2) is 6.51. The lowest BCUT2D eigenvalue weighted by atomic mass is 9.87. The summed E-state index contributed by atoms with van der Waals surface area (Å²) in [7, 11) is 0. The monoisotopic (exact) mass is 393 g/mol. The fourth-order valence-corrected chi connectivity index (χ4v) is 4.13. The predicted octanol–water partition coefficient (Wildman–Crippen LogP) is 3.99. The number of hydrogen-bond acceptors (Lipinski definition) is 5. The first-order valence-corrected chi connectivity index (χ1v) is 9.29. The first-order valence-electron chi connectivity index (χ1n) is 9.29. The van der Waals surface area contributed by atoms with E-state index >= 15 is 0 Å². The third-order valence-electron chi connectivity index (χ3n) is 5.44. The summed E-state index contributed by atoms with van der Waals surface area (Å²) in [5.41, 5.74) is 8.55. The van der Waals surface area contributed by atoms with Gasteiger partial charge in [0.25, 0.3) is 0 Å². The van der Waals surface area contributed by atoms with Crippen molar-refractivity contribution in [3.8, 4) is 17.0 Å². The zero-order valence-electron chi connectivity index (χ0n) is 15.3. The van der Waals surface area contributed by atoms with Gasteiger partial charge in [-0.15, -0.1) is 0 Å². The second-order valence-corrected chi connectivity index (χ2v) is 7.13. The third-order valence-corrected chi connectivity index (χ3v) is 5.44. The van der Waals surface area contributed by atoms with Crippen LogP contribution in [0.3, 0.4) is 0 Å². The Balaban J connectivity index is 1.78. The highest BCUT2D eigenvalue weighted by atomic mass is 19.1. The van der Waals surface area contributed by atoms with Crippen molar-refractivity contribution in [1.82, 2.24) is 19.7 Å². The quantitative estimate of drug-likeness (QED) is 0.538. The Morgan fingerprint density at radius 1 is 1.10 bits per heavy atom. The number of nitrogens with two attached hydrogens (primary N) is 1. The number of anilines is 1. The minimum absolute atomic E-state index is 0.180. The Hall–Kier alpha value is -3.55. The van der Waals surface area contributed by atoms with E-state index in [4.69, 9.17) is 5.73 Å². The van der Waals surface area contributed by atoms with Crippen molar-refractivity contribution in [2.24, 2.45) is 0 Å². The summed E-state index contributed by atoms with van der Waals surface area (Å²) in [6, 6.07) is 8.63. The average Bonchev–Trinajstić information content (AvgIpc) is 3.08. The van der Waals surface area contributed by atoms with Gasteiger partial charge in [0.1, 0.15) is 35.2 Å². The van der Waals surface area contributed by atoms with Gasteiger partial charge in [-0.2, -0.15) is 5.10 Å². The number of nitrogen functional groups attached to an aromatic ring is 1. The summed E-state index contributed by atoms with van der Waals surface area (Å²) in [6.07, 6.45) is 3.54. The van der Waals surface area contributed by atoms with E-state index in [0.29, 0.717) is 28.7 Å². The molecule has 0 aliphatic heterocycles. The van der Waals surface area contributed by atoms with Crippen LogP contribution in [0, 0.1) is 11.6 Å². The molecule has 3 N–H and O–H groups in total. The van der Waals surface area contributed by atoms with Gasteiger partial charge in [-0.05, 0) is 48.6 Å². The molecule has 0 saturated carbocycles. The van der Waals surface area contributed by atoms with Crippen LogP contribution in [0.5, 0.6) is 5.75 Å². The van der Waals surface area contributed by atoms with Gasteiger partial charge in [0.05, 0.1) is 11.4 Å². The number of aromatic hydroxyl groups is 1. The van der Waals surface area contributed by atoms with E-state index in [1.165, 1.54) is 24.5 Å². The molecule has 5 rings (SSSR count). The fourth-order valence-electron chi connectivity index (χ4n) is 4.13. The van der Waals surface area contributed by atoms with Gasteiger partial charge in [0.15, 0.2) is 5.65 Å². The molecule has 0 saturated heterocycles. The second-order valence-electron chi connectivity index (χ2n) is 7.13. The molecule has 1 aliphatic carbocycles. The third kappa shape index (κ3) is 2.71. The summed E-state index contributed by atoms with van der Waals surface area (Å²) in [5.74, 6) is -0.868. The van der Waals surface area contributed by atoms with Crippen molar-refractivity contribution in [3.63, 3.8) is 0 Å². The van der Waals surface area contributed by atoms with Crippen LogP contribution >= 0.6 is 0 Å². The van der Waals surface area contributed by atoms with Crippen LogP contribution in [0.25, 0.3) is 22.3 Å². The van der Waals surface area contributed by atoms with Crippen molar-refractivity contribution >= 4 is 16.9 Å². The summed E-state index contributed by atoms with van der Waals surface area (Å²) in [4.78, 5) is 8.39. The molecule has 4 aromatic rings. The Kier molecular flexibility index (Phi) is 3.94. The molecule has 29 heavy (non-hydrogen) atoms. The van der Waals surface area contributed by atoms with E-state index in [1.807, 2.05) is 6.07 Å². The van der Waals surface area contributed by atoms with E-state index < -0.39 is 5.82 Å². The van der Waals surface area contributed by atoms with Crippen molar-refractivity contribution in [2.75, 3.05) is 5.73 Å². The maximum Gasteiger partial charge on any atom is 0.164 e. The largest absolute Gasteiger partial charge is 0.508 e. The predicted molar refractivity (Wildman–Crippen MR) is 104 cm³/mol. The van der Waals surface area contributed by atoms with E-state index in [9.17, 15) is 13.9 Å². The molecule has 1 aliphatic rings. The topological polar surface area (TPSA) is 89.8 Å². The Morgan fingerprint density at radius 3 is 2.79 bits per heavy atom. The van der Waals surface area contributed by atoms with Gasteiger partial charge >= 0.3 is 0 Å². The van der Waals surface area contributed by atoms with E-state index in [1.54, 1.807) is 10.7 Å². The molecule has 2 heterocycles. The van der Waals surface area contributed by atoms with Crippen LogP contribution in [0.4, 0.5) is 14.6 Å². The van der Waals surface area contributed by atoms with Crippen LogP contribution in [0.15, 0.2) is 42.7 Å². The standard InChI is InChI=1S/C21H17F2N5O/c22-15-5-1-4-13-12(15)3-2-6-17(13)28-21-18(20(24)25-10-26-21)19(27-28)14-8-7-11(29)9-16(14)23/h1,4-5,7-10,17,29H,2-3,6H2,(H2,24,25,26). The van der Waals surface area contributed by atoms with Crippen molar-refractivity contribution < 1.29 is 13.9 Å². The number of benzene rings is 2. The zero-order chi connectivity index (χ0) is 20.1. The molecule has 1 unspecified atom stereocenters. The van der Waals surface area contributed by atoms with E-state index in [-0.39, 0.29) is 29.0 Å². The molecular formula is C21H17F2N5O. The van der Waals surface area contributed by atoms with Crippen LogP contribution in [0.1, 0.15) is 30.0 Å². The van der Waals surface area contributed by atoms with Crippen molar-refractivity contribution in [3.05, 3.63) is 65.5 Å². The summed E-state index contributed by atoms with van der Waals surface area (Å²) < 4.78 is 30.6. The Bertz CT molecular complexity index is 1250. The van der Waals surface area contributed by atoms with Crippen LogP contribution in [-0.2, 0) is 6.42 Å². The van der Waals surface area contributed by atoms with Crippen LogP contribution < -0.4 is 5.73 Å². The van der Waals surface area contributed by atoms with Crippen molar-refractivity contribution in [2.45, 2.75) is 25.3 Å². The highest BCUT2D eigenvalue weighted by Gasteiger charge is 2.29. The molecule has 8 heteroatoms. The van der Waals surface area contributed by atoms with Crippen molar-refractivity contribution in [1.29, 1.82) is 0 Å². The number of nitrogens with zero attached hydrogens (tertiary/aromatic N) is 4. The number of phenolic OH excluding ortho intramolecular Hbond substituents is 1. The fraction of sp³-hybridized carbons (Fsp3) is 0.190. The van der Waals surface area contributed by atoms with Gasteiger partial charge in [-0.3, -0.25) is 0 Å². The molecule has 0 radical (unpaired) electrons.